The van der Waals surface area contributed by atoms with Crippen molar-refractivity contribution in [2.45, 2.75) is 91.0 Å². The third-order valence-electron chi connectivity index (χ3n) is 30.6. The summed E-state index contributed by atoms with van der Waals surface area (Å²) < 4.78 is 18.8. The summed E-state index contributed by atoms with van der Waals surface area (Å²) in [6, 6.07) is 116. The summed E-state index contributed by atoms with van der Waals surface area (Å²) in [6.07, 6.45) is 9.57. The van der Waals surface area contributed by atoms with Gasteiger partial charge in [0.2, 0.25) is 0 Å². The highest BCUT2D eigenvalue weighted by atomic mass is 15.2. The number of aromatic nitrogens is 7. The van der Waals surface area contributed by atoms with Crippen molar-refractivity contribution in [3.63, 3.8) is 0 Å². The minimum absolute atomic E-state index is 0.0549. The molecule has 0 radical (unpaired) electrons. The Balaban J connectivity index is 0.735. The molecule has 0 saturated carbocycles. The predicted molar refractivity (Wildman–Crippen MR) is 543 cm³/mol. The van der Waals surface area contributed by atoms with Crippen molar-refractivity contribution in [1.29, 1.82) is 0 Å². The van der Waals surface area contributed by atoms with Crippen LogP contribution in [0.2, 0.25) is 0 Å². The number of rotatable bonds is 9. The summed E-state index contributed by atoms with van der Waals surface area (Å²) in [7, 11) is 0. The lowest BCUT2D eigenvalue weighted by molar-refractivity contribution is 0.745. The molecule has 0 bridgehead atoms. The normalized spacial score (nSPS) is 14.9. The first-order valence-electron chi connectivity index (χ1n) is 46.0. The lowest BCUT2D eigenvalue weighted by Gasteiger charge is -2.29. The van der Waals surface area contributed by atoms with Gasteiger partial charge in [-0.3, -0.25) is 0 Å². The molecular formula is C120H84N8. The Kier molecular flexibility index (Phi) is 13.3. The van der Waals surface area contributed by atoms with Crippen molar-refractivity contribution in [3.8, 4) is 28.2 Å². The van der Waals surface area contributed by atoms with Crippen LogP contribution in [0.3, 0.4) is 0 Å². The molecule has 30 rings (SSSR count). The summed E-state index contributed by atoms with van der Waals surface area (Å²) in [5.74, 6) is 0.498. The zero-order chi connectivity index (χ0) is 84.3. The van der Waals surface area contributed by atoms with Gasteiger partial charge in [0, 0.05) is 147 Å². The van der Waals surface area contributed by atoms with Crippen molar-refractivity contribution < 1.29 is 0 Å². The highest BCUT2D eigenvalue weighted by molar-refractivity contribution is 6.44. The number of hydrogen-bond acceptors (Lipinski definition) is 1. The minimum Gasteiger partial charge on any atom is -0.333 e. The lowest BCUT2D eigenvalue weighted by Crippen LogP contribution is -2.28. The maximum absolute atomic E-state index is 2.81. The fourth-order valence-corrected chi connectivity index (χ4v) is 26.3. The Morgan fingerprint density at radius 2 is 0.586 bits per heavy atom. The summed E-state index contributed by atoms with van der Waals surface area (Å²) in [6.45, 7) is 19.8. The summed E-state index contributed by atoms with van der Waals surface area (Å²) in [5.41, 5.74) is 38.0. The minimum atomic E-state index is 0.0549. The van der Waals surface area contributed by atoms with Crippen molar-refractivity contribution in [3.05, 3.63) is 355 Å². The van der Waals surface area contributed by atoms with Crippen LogP contribution in [0.1, 0.15) is 113 Å². The Morgan fingerprint density at radius 1 is 0.219 bits per heavy atom. The number of hydrogen-bond donors (Lipinski definition) is 0. The molecule has 1 aliphatic heterocycles. The van der Waals surface area contributed by atoms with Gasteiger partial charge in [-0.2, -0.15) is 0 Å². The SMILES string of the molecule is CC(C)c1c2c3c4c(cc5c6ccccc6n(c2c(C(C)C)c2c6c7c(cc8c9c(-c%10cccc(-n%11c%12ccccc%12c%12c%13c%14c(C(C)C)c%15c(c(C(C)C)c%14n%14c%16ccccc%16c(cc%12%11)c%13%14)c%11c%12c%13ccccc%13n(-c%13ccccc%13)c%12cc%12c%13ccccc%13n%15c%12%11)c%10)cccc9n(c12)c86)C1C=CC=CC1N7c1ccccc1)c53)c1ccccc1n4-c1ccccc1. The molecular weight excluding hydrogens is 1550 g/mol. The van der Waals surface area contributed by atoms with Crippen LogP contribution in [0, 0.1) is 0 Å². The number of nitrogens with zero attached hydrogens (tertiary/aromatic N) is 8. The summed E-state index contributed by atoms with van der Waals surface area (Å²) >= 11 is 0. The summed E-state index contributed by atoms with van der Waals surface area (Å²) in [5, 5.41) is 28.7. The molecule has 12 heterocycles. The van der Waals surface area contributed by atoms with E-state index in [0.717, 1.165) is 17.1 Å². The van der Waals surface area contributed by atoms with Crippen LogP contribution >= 0.6 is 0 Å². The van der Waals surface area contributed by atoms with E-state index in [2.05, 4.69) is 419 Å². The highest BCUT2D eigenvalue weighted by Crippen LogP contribution is 2.63. The fourth-order valence-electron chi connectivity index (χ4n) is 26.3. The average Bonchev–Trinajstić information content (AvgIpc) is 1.48. The monoisotopic (exact) mass is 1640 g/mol. The zero-order valence-electron chi connectivity index (χ0n) is 72.2. The van der Waals surface area contributed by atoms with Crippen molar-refractivity contribution in [2.75, 3.05) is 4.90 Å². The third-order valence-corrected chi connectivity index (χ3v) is 30.6. The van der Waals surface area contributed by atoms with E-state index >= 15 is 0 Å². The van der Waals surface area contributed by atoms with Gasteiger partial charge in [0.05, 0.1) is 111 Å². The molecule has 28 aromatic rings. The Hall–Kier alpha value is -15.4. The molecule has 8 heteroatoms. The van der Waals surface area contributed by atoms with E-state index < -0.39 is 0 Å². The van der Waals surface area contributed by atoms with Crippen LogP contribution in [-0.4, -0.2) is 37.3 Å². The molecule has 2 atom stereocenters. The van der Waals surface area contributed by atoms with Crippen LogP contribution in [0.25, 0.3) is 246 Å². The second kappa shape index (κ2) is 24.4. The largest absolute Gasteiger partial charge is 0.333 e. The van der Waals surface area contributed by atoms with Gasteiger partial charge in [0.1, 0.15) is 0 Å². The third kappa shape index (κ3) is 8.24. The Morgan fingerprint density at radius 3 is 1.10 bits per heavy atom. The van der Waals surface area contributed by atoms with Gasteiger partial charge >= 0.3 is 0 Å². The molecule has 17 aromatic carbocycles. The van der Waals surface area contributed by atoms with E-state index in [1.165, 1.54) is 268 Å². The topological polar surface area (TPSA) is 35.7 Å². The van der Waals surface area contributed by atoms with Gasteiger partial charge in [0.15, 0.2) is 0 Å². The fraction of sp³-hybridized carbons (Fsp3) is 0.117. The predicted octanol–water partition coefficient (Wildman–Crippen LogP) is 32.5. The molecule has 0 spiro atoms. The molecule has 604 valence electrons. The van der Waals surface area contributed by atoms with E-state index in [4.69, 9.17) is 0 Å². The molecule has 2 unspecified atom stereocenters. The number of para-hydroxylation sites is 9. The van der Waals surface area contributed by atoms with E-state index in [0.29, 0.717) is 0 Å². The molecule has 0 amide bonds. The standard InChI is InChI=1S/C120H84N8/c1-63(2)96-103-107-101-78-47-23-30-55-91(78)121(68-35-12-9-13-36-68)94(101)61-83-76-45-21-28-53-89(76)125(111(83)107)117(103)97(64(3)4)104-108-102-79-48-24-31-56-92(79)122(95(102)62-84-77-46-22-29-54-90(77)126(112(84)108)118(96)104)71-41-32-34-67(58-71)72-49-33-57-93-100(72)85-60-82-74-43-19-26-51-87(74)124(70-39-16-11-17-40-70)114(82)110-106-98(65(5)6)119-105(99(66(7)8)120(106)128(93)116(85)110)109-113-80(59-81-75-44-20-27-52-88(75)127(119)115(81)109)73-42-18-25-50-86(73)123(113)69-37-14-10-15-38-69/h9-66,74,87H,1-8H3. The number of fused-ring (bicyclic) bond motifs is 40. The van der Waals surface area contributed by atoms with Crippen LogP contribution in [0.5, 0.6) is 0 Å². The highest BCUT2D eigenvalue weighted by Gasteiger charge is 2.44. The zero-order valence-corrected chi connectivity index (χ0v) is 72.2. The molecule has 8 nitrogen and oxygen atoms in total. The average molecular weight is 1640 g/mol. The first kappa shape index (κ1) is 70.0. The number of benzene rings is 17. The molecule has 0 saturated heterocycles. The molecule has 1 aliphatic carbocycles. The van der Waals surface area contributed by atoms with Crippen LogP contribution in [0.4, 0.5) is 11.4 Å². The Labute approximate surface area is 735 Å². The molecule has 128 heavy (non-hydrogen) atoms. The van der Waals surface area contributed by atoms with Crippen LogP contribution in [-0.2, 0) is 0 Å². The van der Waals surface area contributed by atoms with E-state index in [-0.39, 0.29) is 35.6 Å². The van der Waals surface area contributed by atoms with Crippen LogP contribution in [0.15, 0.2) is 328 Å². The first-order valence-corrected chi connectivity index (χ1v) is 46.0. The smallest absolute Gasteiger partial charge is 0.0642 e. The first-order chi connectivity index (χ1) is 63.0. The van der Waals surface area contributed by atoms with E-state index in [9.17, 15) is 0 Å². The van der Waals surface area contributed by atoms with Gasteiger partial charge in [0.25, 0.3) is 0 Å². The Bertz CT molecular complexity index is 9910. The van der Waals surface area contributed by atoms with Gasteiger partial charge in [-0.05, 0) is 178 Å². The molecule has 0 fully saturated rings. The number of allylic oxidation sites excluding steroid dienone is 2. The lowest BCUT2D eigenvalue weighted by atomic mass is 9.85. The van der Waals surface area contributed by atoms with Gasteiger partial charge in [-0.15, -0.1) is 0 Å². The van der Waals surface area contributed by atoms with Crippen LogP contribution < -0.4 is 4.90 Å². The second-order valence-electron chi connectivity index (χ2n) is 38.2. The second-order valence-corrected chi connectivity index (χ2v) is 38.2. The van der Waals surface area contributed by atoms with Gasteiger partial charge < -0.3 is 36.2 Å². The maximum Gasteiger partial charge on any atom is 0.0642 e. The van der Waals surface area contributed by atoms with E-state index in [1.807, 2.05) is 0 Å². The summed E-state index contributed by atoms with van der Waals surface area (Å²) in [4.78, 5) is 2.73. The van der Waals surface area contributed by atoms with E-state index in [1.54, 1.807) is 0 Å². The number of anilines is 2. The molecule has 2 aliphatic rings. The quantitative estimate of drug-likeness (QED) is 0.142. The van der Waals surface area contributed by atoms with Gasteiger partial charge in [-0.1, -0.05) is 268 Å². The molecule has 0 N–H and O–H groups in total. The van der Waals surface area contributed by atoms with Crippen molar-refractivity contribution in [2.24, 2.45) is 0 Å². The van der Waals surface area contributed by atoms with Crippen molar-refractivity contribution in [1.82, 2.24) is 31.3 Å². The molecule has 11 aromatic heterocycles. The van der Waals surface area contributed by atoms with Gasteiger partial charge in [-0.25, -0.2) is 0 Å². The maximum atomic E-state index is 2.81. The van der Waals surface area contributed by atoms with Crippen molar-refractivity contribution >= 4 is 229 Å².